The topological polar surface area (TPSA) is 54.0 Å². The Morgan fingerprint density at radius 3 is 2.74 bits per heavy atom. The minimum atomic E-state index is -0.0228. The lowest BCUT2D eigenvalue weighted by molar-refractivity contribution is -0.118. The van der Waals surface area contributed by atoms with Crippen LogP contribution in [0.3, 0.4) is 0 Å². The normalized spacial score (nSPS) is 18.0. The van der Waals surface area contributed by atoms with Crippen molar-refractivity contribution in [2.24, 2.45) is 0 Å². The molecule has 104 valence electrons. The van der Waals surface area contributed by atoms with Gasteiger partial charge in [-0.2, -0.15) is 0 Å². The molecule has 1 fully saturated rings. The van der Waals surface area contributed by atoms with Gasteiger partial charge in [-0.05, 0) is 38.4 Å². The Morgan fingerprint density at radius 2 is 2.11 bits per heavy atom. The van der Waals surface area contributed by atoms with E-state index in [1.54, 1.807) is 6.20 Å². The standard InChI is InChI=1S/C15H23N3O/c1-12-7-6-10-17-14(12)18-13(19)11-15(16-2)8-4-3-5-9-15/h6-7,10,16H,3-5,8-9,11H2,1-2H3,(H,17,18,19). The van der Waals surface area contributed by atoms with Crippen LogP contribution in [0.25, 0.3) is 0 Å². The fraction of sp³-hybridized carbons (Fsp3) is 0.600. The maximum absolute atomic E-state index is 12.2. The van der Waals surface area contributed by atoms with Gasteiger partial charge < -0.3 is 10.6 Å². The molecule has 1 aromatic heterocycles. The van der Waals surface area contributed by atoms with Crippen molar-refractivity contribution in [1.82, 2.24) is 10.3 Å². The highest BCUT2D eigenvalue weighted by atomic mass is 16.1. The molecule has 1 saturated carbocycles. The van der Waals surface area contributed by atoms with Crippen LogP contribution in [0.4, 0.5) is 5.82 Å². The number of rotatable bonds is 4. The number of carbonyl (C=O) groups excluding carboxylic acids is 1. The lowest BCUT2D eigenvalue weighted by Gasteiger charge is -2.36. The highest BCUT2D eigenvalue weighted by Crippen LogP contribution is 2.31. The van der Waals surface area contributed by atoms with Crippen molar-refractivity contribution in [2.75, 3.05) is 12.4 Å². The van der Waals surface area contributed by atoms with E-state index in [2.05, 4.69) is 15.6 Å². The van der Waals surface area contributed by atoms with Crippen LogP contribution in [0.15, 0.2) is 18.3 Å². The third-order valence-electron chi connectivity index (χ3n) is 4.11. The van der Waals surface area contributed by atoms with E-state index in [1.165, 1.54) is 19.3 Å². The van der Waals surface area contributed by atoms with E-state index in [9.17, 15) is 4.79 Å². The number of aryl methyl sites for hydroxylation is 1. The quantitative estimate of drug-likeness (QED) is 0.876. The Morgan fingerprint density at radius 1 is 1.37 bits per heavy atom. The number of nitrogens with zero attached hydrogens (tertiary/aromatic N) is 1. The summed E-state index contributed by atoms with van der Waals surface area (Å²) in [6.45, 7) is 1.96. The van der Waals surface area contributed by atoms with Crippen LogP contribution in [0.1, 0.15) is 44.1 Å². The van der Waals surface area contributed by atoms with Crippen molar-refractivity contribution in [3.63, 3.8) is 0 Å². The highest BCUT2D eigenvalue weighted by Gasteiger charge is 2.32. The first-order valence-corrected chi connectivity index (χ1v) is 7.06. The van der Waals surface area contributed by atoms with Crippen LogP contribution in [0, 0.1) is 6.92 Å². The lowest BCUT2D eigenvalue weighted by atomic mass is 9.79. The molecule has 19 heavy (non-hydrogen) atoms. The Kier molecular flexibility index (Phi) is 4.53. The van der Waals surface area contributed by atoms with Gasteiger partial charge in [0.15, 0.2) is 0 Å². The summed E-state index contributed by atoms with van der Waals surface area (Å²) in [7, 11) is 1.96. The van der Waals surface area contributed by atoms with Crippen molar-refractivity contribution < 1.29 is 4.79 Å². The molecule has 1 aliphatic carbocycles. The first kappa shape index (κ1) is 14.0. The van der Waals surface area contributed by atoms with Crippen LogP contribution in [-0.4, -0.2) is 23.5 Å². The van der Waals surface area contributed by atoms with Crippen LogP contribution in [0.2, 0.25) is 0 Å². The van der Waals surface area contributed by atoms with Gasteiger partial charge in [-0.3, -0.25) is 4.79 Å². The van der Waals surface area contributed by atoms with E-state index in [-0.39, 0.29) is 11.4 Å². The van der Waals surface area contributed by atoms with Crippen molar-refractivity contribution in [3.05, 3.63) is 23.9 Å². The number of anilines is 1. The minimum Gasteiger partial charge on any atom is -0.314 e. The summed E-state index contributed by atoms with van der Waals surface area (Å²) in [4.78, 5) is 16.4. The molecule has 2 N–H and O–H groups in total. The molecule has 1 heterocycles. The van der Waals surface area contributed by atoms with Crippen LogP contribution in [-0.2, 0) is 4.79 Å². The molecule has 4 nitrogen and oxygen atoms in total. The molecule has 1 aliphatic rings. The summed E-state index contributed by atoms with van der Waals surface area (Å²) in [5.41, 5.74) is 0.975. The molecular formula is C15H23N3O. The second-order valence-electron chi connectivity index (χ2n) is 5.48. The van der Waals surface area contributed by atoms with E-state index in [4.69, 9.17) is 0 Å². The molecule has 0 aliphatic heterocycles. The summed E-state index contributed by atoms with van der Waals surface area (Å²) in [6, 6.07) is 3.83. The molecule has 0 bridgehead atoms. The largest absolute Gasteiger partial charge is 0.314 e. The third kappa shape index (κ3) is 3.53. The van der Waals surface area contributed by atoms with Gasteiger partial charge in [0.2, 0.25) is 5.91 Å². The Balaban J connectivity index is 1.98. The van der Waals surface area contributed by atoms with E-state index in [0.717, 1.165) is 18.4 Å². The Bertz CT molecular complexity index is 439. The fourth-order valence-corrected chi connectivity index (χ4v) is 2.84. The number of nitrogens with one attached hydrogen (secondary N) is 2. The van der Waals surface area contributed by atoms with Crippen LogP contribution >= 0.6 is 0 Å². The van der Waals surface area contributed by atoms with Gasteiger partial charge in [0, 0.05) is 18.2 Å². The van der Waals surface area contributed by atoms with Crippen molar-refractivity contribution in [3.8, 4) is 0 Å². The van der Waals surface area contributed by atoms with Gasteiger partial charge in [-0.15, -0.1) is 0 Å². The second kappa shape index (κ2) is 6.15. The zero-order valence-electron chi connectivity index (χ0n) is 11.8. The van der Waals surface area contributed by atoms with Gasteiger partial charge in [0.1, 0.15) is 5.82 Å². The van der Waals surface area contributed by atoms with Gasteiger partial charge in [0.25, 0.3) is 0 Å². The molecular weight excluding hydrogens is 238 g/mol. The van der Waals surface area contributed by atoms with Crippen LogP contribution < -0.4 is 10.6 Å². The number of hydrogen-bond acceptors (Lipinski definition) is 3. The smallest absolute Gasteiger partial charge is 0.227 e. The molecule has 4 heteroatoms. The van der Waals surface area contributed by atoms with Crippen LogP contribution in [0.5, 0.6) is 0 Å². The summed E-state index contributed by atoms with van der Waals surface area (Å²) in [5.74, 6) is 0.729. The van der Waals surface area contributed by atoms with E-state index in [1.807, 2.05) is 26.1 Å². The predicted octanol–water partition coefficient (Wildman–Crippen LogP) is 2.64. The maximum atomic E-state index is 12.2. The van der Waals surface area contributed by atoms with Crippen molar-refractivity contribution >= 4 is 11.7 Å². The van der Waals surface area contributed by atoms with Gasteiger partial charge >= 0.3 is 0 Å². The Hall–Kier alpha value is -1.42. The molecule has 0 saturated heterocycles. The van der Waals surface area contributed by atoms with Crippen molar-refractivity contribution in [1.29, 1.82) is 0 Å². The molecule has 0 spiro atoms. The van der Waals surface area contributed by atoms with Gasteiger partial charge in [-0.1, -0.05) is 25.3 Å². The summed E-state index contributed by atoms with van der Waals surface area (Å²) < 4.78 is 0. The molecule has 0 atom stereocenters. The van der Waals surface area contributed by atoms with Gasteiger partial charge in [0.05, 0.1) is 0 Å². The molecule has 0 aromatic carbocycles. The SMILES string of the molecule is CNC1(CC(=O)Nc2ncccc2C)CCCCC1. The Labute approximate surface area is 115 Å². The second-order valence-corrected chi connectivity index (χ2v) is 5.48. The zero-order chi connectivity index (χ0) is 13.7. The molecule has 0 radical (unpaired) electrons. The summed E-state index contributed by atoms with van der Waals surface area (Å²) >= 11 is 0. The van der Waals surface area contributed by atoms with E-state index >= 15 is 0 Å². The summed E-state index contributed by atoms with van der Waals surface area (Å²) in [5, 5.41) is 6.29. The average molecular weight is 261 g/mol. The highest BCUT2D eigenvalue weighted by molar-refractivity contribution is 5.91. The summed E-state index contributed by atoms with van der Waals surface area (Å²) in [6.07, 6.45) is 8.09. The lowest BCUT2D eigenvalue weighted by Crippen LogP contribution is -2.47. The van der Waals surface area contributed by atoms with E-state index < -0.39 is 0 Å². The fourth-order valence-electron chi connectivity index (χ4n) is 2.84. The monoisotopic (exact) mass is 261 g/mol. The third-order valence-corrected chi connectivity index (χ3v) is 4.11. The zero-order valence-corrected chi connectivity index (χ0v) is 11.8. The number of amides is 1. The first-order valence-electron chi connectivity index (χ1n) is 7.06. The number of pyridine rings is 1. The first-order chi connectivity index (χ1) is 9.15. The number of carbonyl (C=O) groups is 1. The average Bonchev–Trinajstić information content (AvgIpc) is 2.42. The molecule has 1 aromatic rings. The van der Waals surface area contributed by atoms with Gasteiger partial charge in [-0.25, -0.2) is 4.98 Å². The van der Waals surface area contributed by atoms with E-state index in [0.29, 0.717) is 12.2 Å². The molecule has 1 amide bonds. The molecule has 2 rings (SSSR count). The number of hydrogen-bond donors (Lipinski definition) is 2. The minimum absolute atomic E-state index is 0.0228. The maximum Gasteiger partial charge on any atom is 0.227 e. The molecule has 0 unspecified atom stereocenters. The van der Waals surface area contributed by atoms with Crippen molar-refractivity contribution in [2.45, 2.75) is 51.0 Å². The number of aromatic nitrogens is 1. The predicted molar refractivity (Wildman–Crippen MR) is 77.1 cm³/mol.